The van der Waals surface area contributed by atoms with Crippen molar-refractivity contribution in [1.29, 1.82) is 0 Å². The summed E-state index contributed by atoms with van der Waals surface area (Å²) in [6.45, 7) is 2.89. The summed E-state index contributed by atoms with van der Waals surface area (Å²) in [6, 6.07) is 19.0. The van der Waals surface area contributed by atoms with Crippen molar-refractivity contribution in [3.63, 3.8) is 0 Å². The molecule has 7 atom stereocenters. The Balaban J connectivity index is 1.03. The number of alkyl halides is 3. The number of hydrogen-bond donors (Lipinski definition) is 3. The summed E-state index contributed by atoms with van der Waals surface area (Å²) >= 11 is 0. The van der Waals surface area contributed by atoms with Crippen molar-refractivity contribution in [3.8, 4) is 0 Å². The lowest BCUT2D eigenvalue weighted by molar-refractivity contribution is -0.217. The first-order valence-corrected chi connectivity index (χ1v) is 21.4. The van der Waals surface area contributed by atoms with Gasteiger partial charge in [-0.25, -0.2) is 4.79 Å². The fourth-order valence-electron chi connectivity index (χ4n) is 9.46. The summed E-state index contributed by atoms with van der Waals surface area (Å²) in [5, 5.41) is 17.1. The number of aliphatic hydroxyl groups is 1. The molecular weight excluding hydrogens is 856 g/mol. The number of nitrogens with zero attached hydrogens (tertiary/aromatic N) is 1. The molecule has 2 bridgehead atoms. The zero-order chi connectivity index (χ0) is 46.3. The molecule has 346 valence electrons. The number of carbonyl (C=O) groups excluding carboxylic acids is 5. The van der Waals surface area contributed by atoms with Gasteiger partial charge in [-0.3, -0.25) is 24.0 Å². The molecule has 2 amide bonds. The van der Waals surface area contributed by atoms with Crippen molar-refractivity contribution in [2.45, 2.75) is 120 Å². The van der Waals surface area contributed by atoms with Crippen LogP contribution in [0.3, 0.4) is 0 Å². The van der Waals surface area contributed by atoms with E-state index in [0.717, 1.165) is 17.2 Å². The zero-order valence-electron chi connectivity index (χ0n) is 35.9. The van der Waals surface area contributed by atoms with E-state index < -0.39 is 102 Å². The summed E-state index contributed by atoms with van der Waals surface area (Å²) in [7, 11) is 0. The number of amides is 2. The smallest absolute Gasteiger partial charge is 0.422 e. The third-order valence-corrected chi connectivity index (χ3v) is 12.2. The minimum Gasteiger partial charge on any atom is -0.460 e. The van der Waals surface area contributed by atoms with Crippen molar-refractivity contribution in [2.24, 2.45) is 5.41 Å². The Morgan fingerprint density at radius 2 is 1.68 bits per heavy atom. The fourth-order valence-corrected chi connectivity index (χ4v) is 9.46. The number of carbonyl (C=O) groups is 5. The van der Waals surface area contributed by atoms with Gasteiger partial charge >= 0.3 is 24.1 Å². The second kappa shape index (κ2) is 18.0. The number of ether oxygens (including phenoxy) is 5. The molecule has 2 aliphatic carbocycles. The van der Waals surface area contributed by atoms with Crippen LogP contribution in [0.4, 0.5) is 13.2 Å². The molecule has 3 aliphatic heterocycles. The molecule has 3 saturated heterocycles. The molecule has 3 aromatic rings. The average molecular weight is 906 g/mol. The Morgan fingerprint density at radius 1 is 0.969 bits per heavy atom. The molecule has 5 aliphatic rings. The summed E-state index contributed by atoms with van der Waals surface area (Å²) in [5.41, 5.74) is 1.52. The number of nitrogens with one attached hydrogen (secondary N) is 2. The van der Waals surface area contributed by atoms with E-state index in [1.54, 1.807) is 69.3 Å². The molecule has 4 fully saturated rings. The average Bonchev–Trinajstić information content (AvgIpc) is 3.93. The predicted octanol–water partition coefficient (Wildman–Crippen LogP) is 4.41. The third-order valence-electron chi connectivity index (χ3n) is 12.2. The highest BCUT2D eigenvalue weighted by Gasteiger charge is 2.76. The van der Waals surface area contributed by atoms with Crippen molar-refractivity contribution in [3.05, 3.63) is 112 Å². The fraction of sp³-hybridized carbons (Fsp3) is 0.468. The number of benzene rings is 3. The van der Waals surface area contributed by atoms with Gasteiger partial charge < -0.3 is 39.4 Å². The Hall–Kier alpha value is -5.66. The van der Waals surface area contributed by atoms with Crippen LogP contribution in [0.2, 0.25) is 0 Å². The van der Waals surface area contributed by atoms with Gasteiger partial charge in [0.15, 0.2) is 18.4 Å². The maximum atomic E-state index is 15.0. The molecule has 65 heavy (non-hydrogen) atoms. The van der Waals surface area contributed by atoms with Crippen LogP contribution >= 0.6 is 0 Å². The second-order valence-electron chi connectivity index (χ2n) is 18.0. The molecule has 0 unspecified atom stereocenters. The van der Waals surface area contributed by atoms with E-state index >= 15 is 0 Å². The first-order valence-electron chi connectivity index (χ1n) is 21.4. The van der Waals surface area contributed by atoms with Gasteiger partial charge in [0.25, 0.3) is 5.91 Å². The predicted molar refractivity (Wildman–Crippen MR) is 222 cm³/mol. The van der Waals surface area contributed by atoms with E-state index in [-0.39, 0.29) is 37.9 Å². The highest BCUT2D eigenvalue weighted by Crippen LogP contribution is 2.58. The summed E-state index contributed by atoms with van der Waals surface area (Å²) in [5.74, 6) is -4.54. The zero-order valence-corrected chi connectivity index (χ0v) is 35.9. The lowest BCUT2D eigenvalue weighted by atomic mass is 9.62. The normalized spacial score (nSPS) is 25.7. The van der Waals surface area contributed by atoms with Crippen LogP contribution in [0.25, 0.3) is 6.08 Å². The molecule has 8 rings (SSSR count). The quantitative estimate of drug-likeness (QED) is 0.117. The molecule has 3 heterocycles. The van der Waals surface area contributed by atoms with Gasteiger partial charge in [0, 0.05) is 43.9 Å². The van der Waals surface area contributed by atoms with Crippen LogP contribution in [-0.2, 0) is 73.6 Å². The van der Waals surface area contributed by atoms with E-state index in [2.05, 4.69) is 15.4 Å². The summed E-state index contributed by atoms with van der Waals surface area (Å²) in [4.78, 5) is 73.7. The largest absolute Gasteiger partial charge is 0.460 e. The van der Waals surface area contributed by atoms with Crippen molar-refractivity contribution >= 4 is 35.8 Å². The molecule has 18 heteroatoms. The van der Waals surface area contributed by atoms with E-state index in [4.69, 9.17) is 23.8 Å². The maximum absolute atomic E-state index is 15.0. The standard InChI is InChI=1S/C47H50F3N3O12/c1-44(2,3)62-36(56)18-16-33(25-54)52-41(57)29-14-8-9-27(19-29)23-51-43(59)46-22-34-37-38(64-45(63-37)20-30-11-5-6-12-31(30)21-45)40(46)65-53(39(46)42(58)61-34)24-32-13-7-4-10-28(32)15-17-35(55)60-26-47(48,49)50/h4-15,17,19,33-34,37-40,54H,16,18,20-26H2,1-3H3,(H,51,59)(H,52,57)/t33-,34+,37-,38-,39-,40+,46-/m0/s1. The van der Waals surface area contributed by atoms with Crippen molar-refractivity contribution in [2.75, 3.05) is 13.2 Å². The summed E-state index contributed by atoms with van der Waals surface area (Å²) < 4.78 is 67.3. The highest BCUT2D eigenvalue weighted by molar-refractivity contribution is 5.95. The monoisotopic (exact) mass is 905 g/mol. The topological polar surface area (TPSA) is 188 Å². The van der Waals surface area contributed by atoms with Crippen LogP contribution in [0.15, 0.2) is 78.9 Å². The van der Waals surface area contributed by atoms with Crippen LogP contribution in [0.1, 0.15) is 78.2 Å². The molecule has 15 nitrogen and oxygen atoms in total. The van der Waals surface area contributed by atoms with Crippen molar-refractivity contribution < 1.29 is 70.8 Å². The Bertz CT molecular complexity index is 2340. The number of rotatable bonds is 14. The maximum Gasteiger partial charge on any atom is 0.422 e. The van der Waals surface area contributed by atoms with E-state index in [0.29, 0.717) is 29.5 Å². The highest BCUT2D eigenvalue weighted by atomic mass is 19.4. The van der Waals surface area contributed by atoms with E-state index in [1.165, 1.54) is 11.1 Å². The lowest BCUT2D eigenvalue weighted by Gasteiger charge is -2.48. The number of halogens is 3. The number of aliphatic hydroxyl groups excluding tert-OH is 1. The Morgan fingerprint density at radius 3 is 2.38 bits per heavy atom. The van der Waals surface area contributed by atoms with Crippen LogP contribution in [0, 0.1) is 5.41 Å². The molecule has 1 spiro atoms. The summed E-state index contributed by atoms with van der Waals surface area (Å²) in [6.07, 6.45) is -5.12. The third kappa shape index (κ3) is 9.82. The first-order chi connectivity index (χ1) is 30.8. The van der Waals surface area contributed by atoms with E-state index in [1.807, 2.05) is 24.3 Å². The number of esters is 3. The molecule has 3 N–H and O–H groups in total. The Labute approximate surface area is 372 Å². The van der Waals surface area contributed by atoms with Crippen LogP contribution in [-0.4, -0.2) is 107 Å². The van der Waals surface area contributed by atoms with Gasteiger partial charge in [0.2, 0.25) is 5.91 Å². The Kier molecular flexibility index (Phi) is 12.7. The number of hydroxylamine groups is 2. The molecule has 0 radical (unpaired) electrons. The number of hydrogen-bond acceptors (Lipinski definition) is 13. The van der Waals surface area contributed by atoms with E-state index in [9.17, 15) is 42.3 Å². The van der Waals surface area contributed by atoms with Crippen LogP contribution < -0.4 is 10.6 Å². The van der Waals surface area contributed by atoms with Gasteiger partial charge in [-0.1, -0.05) is 60.7 Å². The minimum absolute atomic E-state index is 0.0180. The van der Waals surface area contributed by atoms with Crippen molar-refractivity contribution in [1.82, 2.24) is 15.7 Å². The van der Waals surface area contributed by atoms with Gasteiger partial charge in [-0.2, -0.15) is 18.2 Å². The molecule has 0 aromatic heterocycles. The lowest BCUT2D eigenvalue weighted by Crippen LogP contribution is -2.69. The van der Waals surface area contributed by atoms with Gasteiger partial charge in [0.05, 0.1) is 19.2 Å². The first kappa shape index (κ1) is 45.9. The molecule has 1 saturated carbocycles. The van der Waals surface area contributed by atoms with Gasteiger partial charge in [-0.15, -0.1) is 0 Å². The SMILES string of the molecule is CC(C)(C)OC(=O)CC[C@@H](CO)NC(=O)c1cccc(CNC(=O)[C@@]23C[C@H]4OC(=O)[C@@H]2N(Cc2ccccc2C=CC(=O)OCC(F)(F)F)O[C@@H]3[C@H]2OC3(Cc5ccccc5C3)O[C@H]24)c1. The van der Waals surface area contributed by atoms with Gasteiger partial charge in [0.1, 0.15) is 35.4 Å². The molecule has 3 aromatic carbocycles. The van der Waals surface area contributed by atoms with Gasteiger partial charge in [-0.05, 0) is 73.2 Å². The second-order valence-corrected chi connectivity index (χ2v) is 18.0. The number of fused-ring (bicyclic) bond motifs is 5. The minimum atomic E-state index is -4.70. The van der Waals surface area contributed by atoms with Crippen LogP contribution in [0.5, 0.6) is 0 Å². The molecular formula is C47H50F3N3O12.